The van der Waals surface area contributed by atoms with E-state index in [1.165, 1.54) is 0 Å². The number of ether oxygens (including phenoxy) is 1. The molecule has 2 heterocycles. The Bertz CT molecular complexity index is 406. The van der Waals surface area contributed by atoms with Crippen LogP contribution < -0.4 is 5.32 Å². The van der Waals surface area contributed by atoms with Gasteiger partial charge in [0.2, 0.25) is 0 Å². The average molecular weight is 319 g/mol. The predicted molar refractivity (Wildman–Crippen MR) is 83.4 cm³/mol. The lowest BCUT2D eigenvalue weighted by molar-refractivity contribution is 0.0276. The summed E-state index contributed by atoms with van der Waals surface area (Å²) in [4.78, 5) is 0. The van der Waals surface area contributed by atoms with E-state index in [0.717, 1.165) is 38.6 Å². The van der Waals surface area contributed by atoms with E-state index in [1.807, 2.05) is 14.0 Å². The van der Waals surface area contributed by atoms with Gasteiger partial charge in [-0.05, 0) is 39.7 Å². The van der Waals surface area contributed by atoms with Crippen LogP contribution in [0.2, 0.25) is 0 Å². The third-order valence-electron chi connectivity index (χ3n) is 4.44. The zero-order valence-corrected chi connectivity index (χ0v) is 14.1. The van der Waals surface area contributed by atoms with Crippen molar-refractivity contribution in [3.8, 4) is 0 Å². The molecule has 1 atom stereocenters. The zero-order valence-electron chi connectivity index (χ0n) is 13.3. The largest absolute Gasteiger partial charge is 0.378 e. The molecular formula is C14H29N3O3S. The normalized spacial score (nSPS) is 27.0. The summed E-state index contributed by atoms with van der Waals surface area (Å²) in [6.07, 6.45) is 4.86. The molecule has 124 valence electrons. The number of likely N-dealkylation sites (N-methyl/N-ethyl adjacent to an activating group) is 1. The molecule has 7 heteroatoms. The van der Waals surface area contributed by atoms with Crippen LogP contribution in [-0.2, 0) is 14.9 Å². The van der Waals surface area contributed by atoms with E-state index in [4.69, 9.17) is 4.74 Å². The van der Waals surface area contributed by atoms with Gasteiger partial charge in [-0.15, -0.1) is 0 Å². The van der Waals surface area contributed by atoms with Crippen LogP contribution in [0.4, 0.5) is 0 Å². The van der Waals surface area contributed by atoms with Crippen LogP contribution in [-0.4, -0.2) is 69.0 Å². The van der Waals surface area contributed by atoms with Crippen LogP contribution in [0.3, 0.4) is 0 Å². The van der Waals surface area contributed by atoms with Gasteiger partial charge in [-0.1, -0.05) is 6.42 Å². The number of piperidine rings is 2. The molecule has 0 aromatic rings. The number of nitrogens with one attached hydrogen (secondary N) is 1. The van der Waals surface area contributed by atoms with Gasteiger partial charge < -0.3 is 10.1 Å². The Morgan fingerprint density at radius 2 is 1.86 bits per heavy atom. The van der Waals surface area contributed by atoms with Crippen molar-refractivity contribution in [2.75, 3.05) is 39.8 Å². The lowest BCUT2D eigenvalue weighted by Gasteiger charge is -2.40. The molecule has 0 spiro atoms. The minimum atomic E-state index is -3.32. The topological polar surface area (TPSA) is 61.9 Å². The highest BCUT2D eigenvalue weighted by molar-refractivity contribution is 7.86. The van der Waals surface area contributed by atoms with Crippen molar-refractivity contribution in [1.29, 1.82) is 0 Å². The first kappa shape index (κ1) is 17.1. The third kappa shape index (κ3) is 4.16. The first-order valence-corrected chi connectivity index (χ1v) is 9.52. The summed E-state index contributed by atoms with van der Waals surface area (Å²) in [5, 5.41) is 3.12. The van der Waals surface area contributed by atoms with Gasteiger partial charge in [0.15, 0.2) is 0 Å². The third-order valence-corrected chi connectivity index (χ3v) is 6.53. The summed E-state index contributed by atoms with van der Waals surface area (Å²) >= 11 is 0. The Morgan fingerprint density at radius 1 is 1.14 bits per heavy atom. The molecule has 2 fully saturated rings. The molecule has 2 rings (SSSR count). The molecule has 2 aliphatic rings. The predicted octanol–water partition coefficient (Wildman–Crippen LogP) is 0.806. The van der Waals surface area contributed by atoms with Crippen LogP contribution in [0.25, 0.3) is 0 Å². The lowest BCUT2D eigenvalue weighted by atomic mass is 10.1. The fourth-order valence-electron chi connectivity index (χ4n) is 3.33. The number of hydrogen-bond acceptors (Lipinski definition) is 4. The van der Waals surface area contributed by atoms with Gasteiger partial charge in [0.1, 0.15) is 0 Å². The van der Waals surface area contributed by atoms with Crippen LogP contribution >= 0.6 is 0 Å². The maximum Gasteiger partial charge on any atom is 0.282 e. The van der Waals surface area contributed by atoms with Gasteiger partial charge >= 0.3 is 0 Å². The van der Waals surface area contributed by atoms with E-state index in [-0.39, 0.29) is 12.1 Å². The van der Waals surface area contributed by atoms with Crippen molar-refractivity contribution in [2.45, 2.75) is 51.2 Å². The molecule has 2 aliphatic heterocycles. The zero-order chi connectivity index (χ0) is 15.3. The molecule has 0 aromatic carbocycles. The highest BCUT2D eigenvalue weighted by Gasteiger charge is 2.37. The Labute approximate surface area is 129 Å². The van der Waals surface area contributed by atoms with Gasteiger partial charge in [0.05, 0.1) is 6.10 Å². The summed E-state index contributed by atoms with van der Waals surface area (Å²) in [6.45, 7) is 5.23. The van der Waals surface area contributed by atoms with Crippen molar-refractivity contribution < 1.29 is 13.2 Å². The van der Waals surface area contributed by atoms with Gasteiger partial charge in [0.25, 0.3) is 10.2 Å². The number of hydrogen-bond donors (Lipinski definition) is 1. The molecule has 0 amide bonds. The highest BCUT2D eigenvalue weighted by atomic mass is 32.2. The summed E-state index contributed by atoms with van der Waals surface area (Å²) in [5.74, 6) is 0. The molecule has 0 saturated carbocycles. The highest BCUT2D eigenvalue weighted by Crippen LogP contribution is 2.25. The second-order valence-corrected chi connectivity index (χ2v) is 7.76. The minimum Gasteiger partial charge on any atom is -0.378 e. The maximum atomic E-state index is 12.9. The molecular weight excluding hydrogens is 290 g/mol. The van der Waals surface area contributed by atoms with Crippen LogP contribution in [0, 0.1) is 0 Å². The molecule has 6 nitrogen and oxygen atoms in total. The quantitative estimate of drug-likeness (QED) is 0.787. The van der Waals surface area contributed by atoms with Crippen molar-refractivity contribution in [3.05, 3.63) is 0 Å². The molecule has 0 radical (unpaired) electrons. The molecule has 0 aliphatic carbocycles. The first-order chi connectivity index (χ1) is 10.1. The smallest absolute Gasteiger partial charge is 0.282 e. The molecule has 1 unspecified atom stereocenters. The van der Waals surface area contributed by atoms with Crippen LogP contribution in [0.5, 0.6) is 0 Å². The van der Waals surface area contributed by atoms with Crippen molar-refractivity contribution in [2.24, 2.45) is 0 Å². The molecule has 0 bridgehead atoms. The van der Waals surface area contributed by atoms with Crippen molar-refractivity contribution in [3.63, 3.8) is 0 Å². The summed E-state index contributed by atoms with van der Waals surface area (Å²) < 4.78 is 34.7. The van der Waals surface area contributed by atoms with Crippen molar-refractivity contribution >= 4 is 10.2 Å². The van der Waals surface area contributed by atoms with E-state index < -0.39 is 10.2 Å². The summed E-state index contributed by atoms with van der Waals surface area (Å²) in [7, 11) is -1.44. The maximum absolute atomic E-state index is 12.9. The minimum absolute atomic E-state index is 0.0957. The van der Waals surface area contributed by atoms with E-state index in [2.05, 4.69) is 5.32 Å². The lowest BCUT2D eigenvalue weighted by Crippen LogP contribution is -2.55. The summed E-state index contributed by atoms with van der Waals surface area (Å²) in [5.41, 5.74) is 0. The van der Waals surface area contributed by atoms with Crippen molar-refractivity contribution in [1.82, 2.24) is 13.9 Å². The Hall–Kier alpha value is -0.210. The number of nitrogens with zero attached hydrogens (tertiary/aromatic N) is 2. The van der Waals surface area contributed by atoms with Gasteiger partial charge in [-0.2, -0.15) is 17.0 Å². The van der Waals surface area contributed by atoms with E-state index in [9.17, 15) is 8.42 Å². The number of rotatable bonds is 6. The second-order valence-electron chi connectivity index (χ2n) is 5.88. The molecule has 2 saturated heterocycles. The Balaban J connectivity index is 2.00. The monoisotopic (exact) mass is 319 g/mol. The van der Waals surface area contributed by atoms with E-state index in [1.54, 1.807) is 8.61 Å². The van der Waals surface area contributed by atoms with E-state index >= 15 is 0 Å². The molecule has 21 heavy (non-hydrogen) atoms. The molecule has 0 aromatic heterocycles. The van der Waals surface area contributed by atoms with Gasteiger partial charge in [-0.3, -0.25) is 0 Å². The van der Waals surface area contributed by atoms with E-state index in [0.29, 0.717) is 26.2 Å². The van der Waals surface area contributed by atoms with Gasteiger partial charge in [0, 0.05) is 38.8 Å². The van der Waals surface area contributed by atoms with Crippen LogP contribution in [0.1, 0.15) is 39.0 Å². The average Bonchev–Trinajstić information content (AvgIpc) is 2.49. The standard InChI is InChI=1S/C14H29N3O3S/c1-3-20-14-7-10-16(11-8-14)21(18,19)17-9-5-4-6-13(17)12-15-2/h13-15H,3-12H2,1-2H3. The van der Waals surface area contributed by atoms with Gasteiger partial charge in [-0.25, -0.2) is 0 Å². The fraction of sp³-hybridized carbons (Fsp3) is 1.00. The van der Waals surface area contributed by atoms with Crippen LogP contribution in [0.15, 0.2) is 0 Å². The SMILES string of the molecule is CCOC1CCN(S(=O)(=O)N2CCCCC2CNC)CC1. The molecule has 1 N–H and O–H groups in total. The Kier molecular flexibility index (Phi) is 6.43. The fourth-order valence-corrected chi connectivity index (χ4v) is 5.22. The Morgan fingerprint density at radius 3 is 2.48 bits per heavy atom. The first-order valence-electron chi connectivity index (χ1n) is 8.12. The second kappa shape index (κ2) is 7.87. The summed E-state index contributed by atoms with van der Waals surface area (Å²) in [6, 6.07) is 0.0957.